The number of aromatic nitrogens is 2. The van der Waals surface area contributed by atoms with Crippen molar-refractivity contribution in [2.75, 3.05) is 17.2 Å². The van der Waals surface area contributed by atoms with Crippen molar-refractivity contribution in [3.63, 3.8) is 0 Å². The number of para-hydroxylation sites is 2. The molecular weight excluding hydrogens is 400 g/mol. The molecule has 0 amide bonds. The number of H-pyrrole nitrogens is 1. The van der Waals surface area contributed by atoms with Crippen LogP contribution in [-0.2, 0) is 0 Å². The smallest absolute Gasteiger partial charge is 0.149 e. The number of nitrogens with zero attached hydrogens (tertiary/aromatic N) is 1. The van der Waals surface area contributed by atoms with Gasteiger partial charge in [0.15, 0.2) is 0 Å². The van der Waals surface area contributed by atoms with Gasteiger partial charge in [-0.3, -0.25) is 0 Å². The Kier molecular flexibility index (Phi) is 4.74. The number of hydrogen-bond donors (Lipinski definition) is 4. The van der Waals surface area contributed by atoms with Crippen LogP contribution in [0, 0.1) is 17.0 Å². The van der Waals surface area contributed by atoms with Crippen molar-refractivity contribution in [2.45, 2.75) is 12.5 Å². The van der Waals surface area contributed by atoms with Crippen LogP contribution in [0.4, 0.5) is 26.0 Å². The van der Waals surface area contributed by atoms with Crippen LogP contribution in [0.15, 0.2) is 54.9 Å². The topological polar surface area (TPSA) is 85.8 Å². The summed E-state index contributed by atoms with van der Waals surface area (Å²) < 4.78 is 33.8. The molecule has 4 N–H and O–H groups in total. The zero-order chi connectivity index (χ0) is 21.4. The molecule has 0 bridgehead atoms. The first-order valence-corrected chi connectivity index (χ1v) is 9.85. The summed E-state index contributed by atoms with van der Waals surface area (Å²) >= 11 is 0. The van der Waals surface area contributed by atoms with Crippen molar-refractivity contribution < 1.29 is 13.5 Å². The Morgan fingerprint density at radius 2 is 1.94 bits per heavy atom. The van der Waals surface area contributed by atoms with E-state index in [-0.39, 0.29) is 17.5 Å². The van der Waals surface area contributed by atoms with Crippen LogP contribution in [0.25, 0.3) is 10.9 Å². The zero-order valence-corrected chi connectivity index (χ0v) is 16.4. The van der Waals surface area contributed by atoms with Gasteiger partial charge in [-0.1, -0.05) is 24.3 Å². The Hall–Kier alpha value is -3.94. The fourth-order valence-electron chi connectivity index (χ4n) is 3.88. The van der Waals surface area contributed by atoms with Gasteiger partial charge in [0, 0.05) is 36.0 Å². The Balaban J connectivity index is 1.50. The van der Waals surface area contributed by atoms with Gasteiger partial charge in [-0.25, -0.2) is 13.8 Å². The molecule has 1 aliphatic heterocycles. The van der Waals surface area contributed by atoms with Crippen LogP contribution in [0.1, 0.15) is 23.6 Å². The lowest BCUT2D eigenvalue weighted by Gasteiger charge is -2.27. The fraction of sp³-hybridized carbons (Fsp3) is 0.130. The minimum Gasteiger partial charge on any atom is -0.493 e. The highest BCUT2D eigenvalue weighted by Crippen LogP contribution is 2.37. The van der Waals surface area contributed by atoms with Crippen LogP contribution in [0.5, 0.6) is 5.75 Å². The van der Waals surface area contributed by atoms with E-state index in [1.54, 1.807) is 6.20 Å². The summed E-state index contributed by atoms with van der Waals surface area (Å²) in [5.41, 5.74) is 2.65. The second-order valence-corrected chi connectivity index (χ2v) is 7.25. The van der Waals surface area contributed by atoms with Crippen LogP contribution in [0.3, 0.4) is 0 Å². The Labute approximate surface area is 176 Å². The molecule has 1 aliphatic rings. The van der Waals surface area contributed by atoms with E-state index in [9.17, 15) is 8.78 Å². The third-order valence-electron chi connectivity index (χ3n) is 5.41. The van der Waals surface area contributed by atoms with E-state index in [2.05, 4.69) is 20.6 Å². The van der Waals surface area contributed by atoms with Crippen LogP contribution in [-0.4, -0.2) is 22.8 Å². The number of ether oxygens (including phenoxy) is 1. The lowest BCUT2D eigenvalue weighted by molar-refractivity contribution is 0.274. The Morgan fingerprint density at radius 1 is 1.13 bits per heavy atom. The first kappa shape index (κ1) is 19.0. The van der Waals surface area contributed by atoms with Crippen molar-refractivity contribution in [3.05, 3.63) is 77.6 Å². The molecule has 4 aromatic rings. The first-order valence-electron chi connectivity index (χ1n) is 9.85. The molecule has 0 fully saturated rings. The largest absolute Gasteiger partial charge is 0.493 e. The minimum atomic E-state index is -0.732. The molecule has 6 nitrogen and oxygen atoms in total. The van der Waals surface area contributed by atoms with Gasteiger partial charge < -0.3 is 25.8 Å². The summed E-state index contributed by atoms with van der Waals surface area (Å²) in [4.78, 5) is 7.51. The van der Waals surface area contributed by atoms with Gasteiger partial charge >= 0.3 is 0 Å². The standard InChI is InChI=1S/C23H19F2N5O/c24-16-5-3-6-17(25)22(16)30-23-14(10-26)21-15(11-28-23)19(12-27-21)29-18-8-9-31-20-7-2-1-4-13(18)20/h1-7,10-12,18,26-27,29H,8-9H2,(H,28,30). The van der Waals surface area contributed by atoms with E-state index in [1.165, 1.54) is 6.07 Å². The number of nitrogens with one attached hydrogen (secondary N) is 4. The van der Waals surface area contributed by atoms with E-state index in [1.807, 2.05) is 30.5 Å². The van der Waals surface area contributed by atoms with Gasteiger partial charge in [0.25, 0.3) is 0 Å². The molecule has 0 saturated heterocycles. The monoisotopic (exact) mass is 419 g/mol. The molecule has 1 atom stereocenters. The summed E-state index contributed by atoms with van der Waals surface area (Å²) in [6, 6.07) is 11.6. The maximum Gasteiger partial charge on any atom is 0.149 e. The minimum absolute atomic E-state index is 0.0673. The molecule has 2 aromatic heterocycles. The van der Waals surface area contributed by atoms with E-state index < -0.39 is 11.6 Å². The molecule has 0 spiro atoms. The predicted octanol–water partition coefficient (Wildman–Crippen LogP) is 5.52. The number of halogens is 2. The molecule has 3 heterocycles. The molecule has 0 radical (unpaired) electrons. The van der Waals surface area contributed by atoms with Crippen LogP contribution < -0.4 is 15.4 Å². The normalized spacial score (nSPS) is 15.2. The second-order valence-electron chi connectivity index (χ2n) is 7.25. The Bertz CT molecular complexity index is 1270. The second kappa shape index (κ2) is 7.71. The van der Waals surface area contributed by atoms with E-state index in [0.717, 1.165) is 47.2 Å². The maximum absolute atomic E-state index is 14.1. The lowest BCUT2D eigenvalue weighted by Crippen LogP contribution is -2.20. The summed E-state index contributed by atoms with van der Waals surface area (Å²) in [5, 5.41) is 14.8. The summed E-state index contributed by atoms with van der Waals surface area (Å²) in [7, 11) is 0. The van der Waals surface area contributed by atoms with Gasteiger partial charge in [0.2, 0.25) is 0 Å². The number of rotatable bonds is 5. The number of anilines is 3. The van der Waals surface area contributed by atoms with E-state index in [0.29, 0.717) is 17.7 Å². The number of benzene rings is 2. The molecule has 0 saturated carbocycles. The van der Waals surface area contributed by atoms with Gasteiger partial charge in [-0.2, -0.15) is 0 Å². The van der Waals surface area contributed by atoms with E-state index >= 15 is 0 Å². The maximum atomic E-state index is 14.1. The number of fused-ring (bicyclic) bond motifs is 2. The predicted molar refractivity (Wildman–Crippen MR) is 117 cm³/mol. The SMILES string of the molecule is N=Cc1c(Nc2c(F)cccc2F)ncc2c(NC3CCOc4ccccc43)c[nH]c12. The fourth-order valence-corrected chi connectivity index (χ4v) is 3.88. The number of pyridine rings is 1. The molecule has 5 rings (SSSR count). The van der Waals surface area contributed by atoms with Crippen molar-refractivity contribution in [1.29, 1.82) is 5.41 Å². The highest BCUT2D eigenvalue weighted by Gasteiger charge is 2.22. The highest BCUT2D eigenvalue weighted by atomic mass is 19.1. The van der Waals surface area contributed by atoms with Gasteiger partial charge in [-0.05, 0) is 18.2 Å². The van der Waals surface area contributed by atoms with Gasteiger partial charge in [-0.15, -0.1) is 0 Å². The molecule has 31 heavy (non-hydrogen) atoms. The van der Waals surface area contributed by atoms with Crippen molar-refractivity contribution in [2.24, 2.45) is 0 Å². The van der Waals surface area contributed by atoms with Crippen molar-refractivity contribution >= 4 is 34.3 Å². The highest BCUT2D eigenvalue weighted by molar-refractivity contribution is 6.06. The third kappa shape index (κ3) is 3.35. The number of aromatic amines is 1. The van der Waals surface area contributed by atoms with Crippen molar-refractivity contribution in [1.82, 2.24) is 9.97 Å². The first-order chi connectivity index (χ1) is 15.2. The van der Waals surface area contributed by atoms with Gasteiger partial charge in [0.1, 0.15) is 28.9 Å². The zero-order valence-electron chi connectivity index (χ0n) is 16.4. The molecule has 8 heteroatoms. The van der Waals surface area contributed by atoms with Crippen LogP contribution >= 0.6 is 0 Å². The van der Waals surface area contributed by atoms with Crippen LogP contribution in [0.2, 0.25) is 0 Å². The average Bonchev–Trinajstić information content (AvgIpc) is 3.19. The number of hydrogen-bond acceptors (Lipinski definition) is 5. The average molecular weight is 419 g/mol. The summed E-state index contributed by atoms with van der Waals surface area (Å²) in [6.45, 7) is 0.614. The Morgan fingerprint density at radius 3 is 2.74 bits per heavy atom. The molecular formula is C23H19F2N5O. The molecule has 1 unspecified atom stereocenters. The molecule has 156 valence electrons. The van der Waals surface area contributed by atoms with Gasteiger partial charge in [0.05, 0.1) is 29.4 Å². The summed E-state index contributed by atoms with van der Waals surface area (Å²) in [5.74, 6) is -0.409. The molecule has 0 aliphatic carbocycles. The quantitative estimate of drug-likeness (QED) is 0.321. The van der Waals surface area contributed by atoms with E-state index in [4.69, 9.17) is 10.1 Å². The third-order valence-corrected chi connectivity index (χ3v) is 5.41. The summed E-state index contributed by atoms with van der Waals surface area (Å²) in [6.07, 6.45) is 5.35. The van der Waals surface area contributed by atoms with Crippen molar-refractivity contribution in [3.8, 4) is 5.75 Å². The lowest BCUT2D eigenvalue weighted by atomic mass is 10.0. The molecule has 2 aromatic carbocycles.